The molecule has 1 aliphatic rings. The molecule has 1 N–H and O–H groups in total. The summed E-state index contributed by atoms with van der Waals surface area (Å²) in [6.07, 6.45) is 0. The zero-order chi connectivity index (χ0) is 23.9. The zero-order valence-corrected chi connectivity index (χ0v) is 22.1. The van der Waals surface area contributed by atoms with E-state index in [1.54, 1.807) is 11.0 Å². The van der Waals surface area contributed by atoms with Crippen LogP contribution < -0.4 is 5.32 Å². The third-order valence-corrected chi connectivity index (χ3v) is 9.00. The first-order chi connectivity index (χ1) is 15.7. The lowest BCUT2D eigenvalue weighted by molar-refractivity contribution is 0.0600. The Morgan fingerprint density at radius 3 is 2.42 bits per heavy atom. The van der Waals surface area contributed by atoms with Gasteiger partial charge in [-0.15, -0.1) is 22.7 Å². The molecule has 1 amide bonds. The summed E-state index contributed by atoms with van der Waals surface area (Å²) in [7, 11) is 1.37. The Balaban J connectivity index is 1.43. The molecule has 0 aliphatic carbocycles. The molecule has 174 valence electrons. The maximum atomic E-state index is 13.1. The molecule has 0 saturated carbocycles. The molecule has 11 heteroatoms. The van der Waals surface area contributed by atoms with Crippen molar-refractivity contribution >= 4 is 90.2 Å². The minimum Gasteiger partial charge on any atom is -0.465 e. The SMILES string of the molecule is COC(=O)c1c(NC(=S)N2CCN(C(=O)c3sc4cc(Cl)ccc4c3Cl)CC2)sc(C)c1C. The molecule has 3 aromatic rings. The quantitative estimate of drug-likeness (QED) is 0.332. The predicted octanol–water partition coefficient (Wildman–Crippen LogP) is 5.83. The summed E-state index contributed by atoms with van der Waals surface area (Å²) in [6.45, 7) is 6.02. The number of thiophene rings is 2. The number of hydrogen-bond donors (Lipinski definition) is 1. The van der Waals surface area contributed by atoms with Crippen LogP contribution in [0, 0.1) is 13.8 Å². The van der Waals surface area contributed by atoms with E-state index in [0.29, 0.717) is 56.8 Å². The van der Waals surface area contributed by atoms with Gasteiger partial charge in [0.1, 0.15) is 9.88 Å². The largest absolute Gasteiger partial charge is 0.465 e. The molecule has 0 bridgehead atoms. The summed E-state index contributed by atoms with van der Waals surface area (Å²) in [5.74, 6) is -0.479. The standard InChI is InChI=1S/C22H21Cl2N3O3S3/c1-11-12(2)32-19(16(11)21(29)30-3)25-22(31)27-8-6-26(7-9-27)20(28)18-17(24)14-5-4-13(23)10-15(14)33-18/h4-5,10H,6-9H2,1-3H3,(H,25,31). The smallest absolute Gasteiger partial charge is 0.341 e. The molecular formula is C22H21Cl2N3O3S3. The minimum atomic E-state index is -0.390. The molecule has 1 aliphatic heterocycles. The number of nitrogens with one attached hydrogen (secondary N) is 1. The number of anilines is 1. The number of ether oxygens (including phenoxy) is 1. The van der Waals surface area contributed by atoms with Gasteiger partial charge in [0.15, 0.2) is 5.11 Å². The Bertz CT molecular complexity index is 1260. The van der Waals surface area contributed by atoms with Crippen LogP contribution >= 0.6 is 58.1 Å². The zero-order valence-electron chi connectivity index (χ0n) is 18.2. The maximum Gasteiger partial charge on any atom is 0.341 e. The molecule has 0 atom stereocenters. The topological polar surface area (TPSA) is 61.9 Å². The van der Waals surface area contributed by atoms with Crippen LogP contribution in [0.25, 0.3) is 10.1 Å². The number of carbonyl (C=O) groups excluding carboxylic acids is 2. The third kappa shape index (κ3) is 4.70. The lowest BCUT2D eigenvalue weighted by atomic mass is 10.1. The number of benzene rings is 1. The normalized spacial score (nSPS) is 14.0. The van der Waals surface area contributed by atoms with Crippen molar-refractivity contribution < 1.29 is 14.3 Å². The lowest BCUT2D eigenvalue weighted by Crippen LogP contribution is -2.51. The number of piperazine rings is 1. The summed E-state index contributed by atoms with van der Waals surface area (Å²) in [6, 6.07) is 5.43. The minimum absolute atomic E-state index is 0.0895. The highest BCUT2D eigenvalue weighted by Gasteiger charge is 2.28. The second kappa shape index (κ2) is 9.76. The van der Waals surface area contributed by atoms with Crippen LogP contribution in [-0.2, 0) is 4.74 Å². The fourth-order valence-corrected chi connectivity index (χ4v) is 6.82. The predicted molar refractivity (Wildman–Crippen MR) is 141 cm³/mol. The second-order valence-electron chi connectivity index (χ2n) is 7.57. The van der Waals surface area contributed by atoms with Gasteiger partial charge in [-0.05, 0) is 43.8 Å². The lowest BCUT2D eigenvalue weighted by Gasteiger charge is -2.36. The first kappa shape index (κ1) is 24.2. The van der Waals surface area contributed by atoms with Gasteiger partial charge in [0.2, 0.25) is 0 Å². The van der Waals surface area contributed by atoms with Crippen molar-refractivity contribution in [3.8, 4) is 0 Å². The van der Waals surface area contributed by atoms with Gasteiger partial charge in [-0.25, -0.2) is 4.79 Å². The first-order valence-electron chi connectivity index (χ1n) is 10.1. The van der Waals surface area contributed by atoms with Gasteiger partial charge in [-0.3, -0.25) is 4.79 Å². The highest BCUT2D eigenvalue weighted by atomic mass is 35.5. The van der Waals surface area contributed by atoms with Crippen molar-refractivity contribution in [2.24, 2.45) is 0 Å². The number of carbonyl (C=O) groups is 2. The van der Waals surface area contributed by atoms with Gasteiger partial charge in [0, 0.05) is 46.2 Å². The summed E-state index contributed by atoms with van der Waals surface area (Å²) in [5, 5.41) is 6.31. The average Bonchev–Trinajstić information content (AvgIpc) is 3.27. The maximum absolute atomic E-state index is 13.1. The summed E-state index contributed by atoms with van der Waals surface area (Å²) in [4.78, 5) is 30.7. The first-order valence-corrected chi connectivity index (χ1v) is 12.9. The number of nitrogens with zero attached hydrogens (tertiary/aromatic N) is 2. The Hall–Kier alpha value is -1.91. The summed E-state index contributed by atoms with van der Waals surface area (Å²) >= 11 is 21.0. The molecule has 0 radical (unpaired) electrons. The third-order valence-electron chi connectivity index (χ3n) is 5.64. The fourth-order valence-electron chi connectivity index (χ4n) is 3.67. The number of rotatable bonds is 3. The number of aryl methyl sites for hydroxylation is 1. The van der Waals surface area contributed by atoms with Crippen LogP contribution in [0.15, 0.2) is 18.2 Å². The molecule has 4 rings (SSSR count). The van der Waals surface area contributed by atoms with E-state index in [2.05, 4.69) is 5.32 Å². The van der Waals surface area contributed by atoms with E-state index >= 15 is 0 Å². The molecule has 0 unspecified atom stereocenters. The van der Waals surface area contributed by atoms with E-state index in [0.717, 1.165) is 20.5 Å². The van der Waals surface area contributed by atoms with Crippen molar-refractivity contribution in [1.29, 1.82) is 0 Å². The Labute approximate surface area is 215 Å². The summed E-state index contributed by atoms with van der Waals surface area (Å²) < 4.78 is 5.82. The van der Waals surface area contributed by atoms with Gasteiger partial charge in [0.25, 0.3) is 5.91 Å². The van der Waals surface area contributed by atoms with Crippen molar-refractivity contribution in [1.82, 2.24) is 9.80 Å². The van der Waals surface area contributed by atoms with Crippen LogP contribution in [0.1, 0.15) is 30.5 Å². The molecule has 6 nitrogen and oxygen atoms in total. The second-order valence-corrected chi connectivity index (χ2v) is 11.1. The highest BCUT2D eigenvalue weighted by Crippen LogP contribution is 2.37. The van der Waals surface area contributed by atoms with Gasteiger partial charge in [-0.2, -0.15) is 0 Å². The molecular weight excluding hydrogens is 521 g/mol. The molecule has 2 aromatic heterocycles. The van der Waals surface area contributed by atoms with Crippen LogP contribution in [0.4, 0.5) is 5.00 Å². The van der Waals surface area contributed by atoms with Crippen LogP contribution in [0.3, 0.4) is 0 Å². The number of esters is 1. The van der Waals surface area contributed by atoms with E-state index in [9.17, 15) is 9.59 Å². The summed E-state index contributed by atoms with van der Waals surface area (Å²) in [5.41, 5.74) is 1.39. The molecule has 33 heavy (non-hydrogen) atoms. The average molecular weight is 543 g/mol. The monoisotopic (exact) mass is 541 g/mol. The van der Waals surface area contributed by atoms with Gasteiger partial charge in [-0.1, -0.05) is 29.3 Å². The van der Waals surface area contributed by atoms with Crippen LogP contribution in [-0.4, -0.2) is 60.1 Å². The van der Waals surface area contributed by atoms with Crippen molar-refractivity contribution in [3.63, 3.8) is 0 Å². The molecule has 1 aromatic carbocycles. The fraction of sp³-hybridized carbons (Fsp3) is 0.318. The van der Waals surface area contributed by atoms with E-state index in [-0.39, 0.29) is 11.9 Å². The van der Waals surface area contributed by atoms with Crippen LogP contribution in [0.2, 0.25) is 10.0 Å². The van der Waals surface area contributed by atoms with E-state index in [4.69, 9.17) is 40.2 Å². The van der Waals surface area contributed by atoms with E-state index in [1.807, 2.05) is 30.9 Å². The van der Waals surface area contributed by atoms with Crippen molar-refractivity contribution in [2.75, 3.05) is 38.6 Å². The number of thiocarbonyl (C=S) groups is 1. The van der Waals surface area contributed by atoms with Crippen LogP contribution in [0.5, 0.6) is 0 Å². The van der Waals surface area contributed by atoms with Gasteiger partial charge in [0.05, 0.1) is 17.7 Å². The van der Waals surface area contributed by atoms with Gasteiger partial charge < -0.3 is 19.9 Å². The Morgan fingerprint density at radius 1 is 1.09 bits per heavy atom. The molecule has 1 fully saturated rings. The molecule has 3 heterocycles. The number of halogens is 2. The Morgan fingerprint density at radius 2 is 1.76 bits per heavy atom. The number of amides is 1. The number of methoxy groups -OCH3 is 1. The number of hydrogen-bond acceptors (Lipinski definition) is 6. The Kier molecular flexibility index (Phi) is 7.16. The molecule has 0 spiro atoms. The van der Waals surface area contributed by atoms with E-state index in [1.165, 1.54) is 29.8 Å². The van der Waals surface area contributed by atoms with Crippen molar-refractivity contribution in [3.05, 3.63) is 49.1 Å². The number of fused-ring (bicyclic) bond motifs is 1. The molecule has 1 saturated heterocycles. The van der Waals surface area contributed by atoms with E-state index < -0.39 is 0 Å². The highest BCUT2D eigenvalue weighted by molar-refractivity contribution is 7.80. The van der Waals surface area contributed by atoms with Gasteiger partial charge >= 0.3 is 5.97 Å². The van der Waals surface area contributed by atoms with Crippen molar-refractivity contribution in [2.45, 2.75) is 13.8 Å².